The summed E-state index contributed by atoms with van der Waals surface area (Å²) in [5, 5.41) is 9.03. The summed E-state index contributed by atoms with van der Waals surface area (Å²) in [5.74, 6) is 0. The fourth-order valence-electron chi connectivity index (χ4n) is 2.97. The summed E-state index contributed by atoms with van der Waals surface area (Å²) in [4.78, 5) is 9.76. The average Bonchev–Trinajstić information content (AvgIpc) is 2.70. The summed E-state index contributed by atoms with van der Waals surface area (Å²) >= 11 is 0. The van der Waals surface area contributed by atoms with Gasteiger partial charge in [0.15, 0.2) is 0 Å². The van der Waals surface area contributed by atoms with Gasteiger partial charge in [0, 0.05) is 6.61 Å². The third-order valence-electron chi connectivity index (χ3n) is 4.76. The van der Waals surface area contributed by atoms with Crippen LogP contribution in [0.3, 0.4) is 0 Å². The molecule has 0 radical (unpaired) electrons. The van der Waals surface area contributed by atoms with Gasteiger partial charge in [-0.15, -0.1) is 0 Å². The highest BCUT2D eigenvalue weighted by molar-refractivity contribution is 4.49. The Hall–Kier alpha value is -0.240. The monoisotopic (exact) mass is 405 g/mol. The lowest BCUT2D eigenvalue weighted by atomic mass is 10.0. The SMILES string of the molecule is CCCCCCCCCCCCCCCCOOOOCC(C)OCCCN. The Morgan fingerprint density at radius 2 is 1.11 bits per heavy atom. The van der Waals surface area contributed by atoms with Crippen molar-refractivity contribution in [1.29, 1.82) is 0 Å². The van der Waals surface area contributed by atoms with Gasteiger partial charge < -0.3 is 10.5 Å². The van der Waals surface area contributed by atoms with Crippen LogP contribution in [0.2, 0.25) is 0 Å². The van der Waals surface area contributed by atoms with E-state index in [-0.39, 0.29) is 12.7 Å². The molecule has 0 rings (SSSR count). The fraction of sp³-hybridized carbons (Fsp3) is 1.00. The molecule has 0 aliphatic carbocycles. The number of hydrogen-bond acceptors (Lipinski definition) is 6. The van der Waals surface area contributed by atoms with Crippen molar-refractivity contribution in [2.24, 2.45) is 5.73 Å². The van der Waals surface area contributed by atoms with E-state index in [0.717, 1.165) is 19.3 Å². The minimum absolute atomic E-state index is 0.0686. The first-order valence-electron chi connectivity index (χ1n) is 11.7. The molecule has 28 heavy (non-hydrogen) atoms. The highest BCUT2D eigenvalue weighted by Crippen LogP contribution is 2.12. The van der Waals surface area contributed by atoms with Gasteiger partial charge in [0.05, 0.1) is 12.7 Å². The molecule has 0 aromatic rings. The van der Waals surface area contributed by atoms with Gasteiger partial charge >= 0.3 is 0 Å². The number of ether oxygens (including phenoxy) is 1. The van der Waals surface area contributed by atoms with Crippen LogP contribution in [-0.4, -0.2) is 32.5 Å². The smallest absolute Gasteiger partial charge is 0.111 e. The second-order valence-electron chi connectivity index (χ2n) is 7.66. The quantitative estimate of drug-likeness (QED) is 0.120. The Kier molecular flexibility index (Phi) is 24.6. The van der Waals surface area contributed by atoms with Gasteiger partial charge in [-0.1, -0.05) is 90.4 Å². The zero-order valence-corrected chi connectivity index (χ0v) is 18.6. The van der Waals surface area contributed by atoms with Crippen LogP contribution in [0, 0.1) is 0 Å². The van der Waals surface area contributed by atoms with E-state index in [2.05, 4.69) is 17.0 Å². The van der Waals surface area contributed by atoms with Crippen LogP contribution in [-0.2, 0) is 24.6 Å². The summed E-state index contributed by atoms with van der Waals surface area (Å²) in [6.45, 7) is 6.22. The van der Waals surface area contributed by atoms with E-state index in [1.165, 1.54) is 77.0 Å². The molecule has 170 valence electrons. The van der Waals surface area contributed by atoms with E-state index < -0.39 is 0 Å². The zero-order valence-electron chi connectivity index (χ0n) is 18.6. The lowest BCUT2D eigenvalue weighted by Gasteiger charge is -2.11. The Bertz CT molecular complexity index is 282. The van der Waals surface area contributed by atoms with Crippen LogP contribution in [0.25, 0.3) is 0 Å². The van der Waals surface area contributed by atoms with Gasteiger partial charge in [0.25, 0.3) is 0 Å². The number of hydrogen-bond donors (Lipinski definition) is 1. The van der Waals surface area contributed by atoms with Crippen molar-refractivity contribution in [1.82, 2.24) is 0 Å². The molecule has 6 nitrogen and oxygen atoms in total. The number of nitrogens with two attached hydrogens (primary N) is 1. The second-order valence-corrected chi connectivity index (χ2v) is 7.66. The Balaban J connectivity index is 3.05. The van der Waals surface area contributed by atoms with Crippen molar-refractivity contribution in [3.8, 4) is 0 Å². The molecule has 0 aliphatic rings. The summed E-state index contributed by atoms with van der Waals surface area (Å²) in [7, 11) is 0. The molecule has 1 unspecified atom stereocenters. The molecular formula is C22H47NO5. The standard InChI is InChI=1S/C22H47NO5/c1-3-4-5-6-7-8-9-10-11-12-13-14-15-16-20-25-27-28-26-21-22(2)24-19-17-18-23/h22H,3-21,23H2,1-2H3. The van der Waals surface area contributed by atoms with Crippen molar-refractivity contribution in [3.63, 3.8) is 0 Å². The molecule has 0 spiro atoms. The lowest BCUT2D eigenvalue weighted by Crippen LogP contribution is -2.18. The second kappa shape index (κ2) is 24.8. The van der Waals surface area contributed by atoms with E-state index in [1.807, 2.05) is 6.92 Å². The van der Waals surface area contributed by atoms with Crippen LogP contribution in [0.5, 0.6) is 0 Å². The van der Waals surface area contributed by atoms with E-state index in [9.17, 15) is 0 Å². The summed E-state index contributed by atoms with van der Waals surface area (Å²) in [6, 6.07) is 0. The van der Waals surface area contributed by atoms with Gasteiger partial charge in [0.2, 0.25) is 0 Å². The van der Waals surface area contributed by atoms with Crippen molar-refractivity contribution < 1.29 is 24.6 Å². The highest BCUT2D eigenvalue weighted by Gasteiger charge is 2.03. The third-order valence-corrected chi connectivity index (χ3v) is 4.76. The van der Waals surface area contributed by atoms with Crippen molar-refractivity contribution >= 4 is 0 Å². The van der Waals surface area contributed by atoms with Crippen LogP contribution in [0.1, 0.15) is 110 Å². The molecule has 2 N–H and O–H groups in total. The third kappa shape index (κ3) is 23.8. The molecule has 0 bridgehead atoms. The van der Waals surface area contributed by atoms with Crippen molar-refractivity contribution in [3.05, 3.63) is 0 Å². The largest absolute Gasteiger partial charge is 0.376 e. The van der Waals surface area contributed by atoms with Gasteiger partial charge in [-0.25, -0.2) is 9.78 Å². The summed E-state index contributed by atoms with van der Waals surface area (Å²) in [6.07, 6.45) is 19.5. The van der Waals surface area contributed by atoms with Crippen LogP contribution in [0.4, 0.5) is 0 Å². The molecule has 0 fully saturated rings. The van der Waals surface area contributed by atoms with E-state index in [0.29, 0.717) is 19.8 Å². The van der Waals surface area contributed by atoms with Crippen LogP contribution >= 0.6 is 0 Å². The average molecular weight is 406 g/mol. The number of unbranched alkanes of at least 4 members (excludes halogenated alkanes) is 13. The van der Waals surface area contributed by atoms with Crippen molar-refractivity contribution in [2.45, 2.75) is 116 Å². The molecule has 0 aromatic heterocycles. The van der Waals surface area contributed by atoms with Gasteiger partial charge in [-0.05, 0) is 36.4 Å². The summed E-state index contributed by atoms with van der Waals surface area (Å²) in [5.41, 5.74) is 5.39. The fourth-order valence-corrected chi connectivity index (χ4v) is 2.97. The minimum Gasteiger partial charge on any atom is -0.376 e. The van der Waals surface area contributed by atoms with Gasteiger partial charge in [0.1, 0.15) is 6.61 Å². The molecule has 0 saturated heterocycles. The first-order valence-corrected chi connectivity index (χ1v) is 11.7. The summed E-state index contributed by atoms with van der Waals surface area (Å²) < 4.78 is 5.44. The zero-order chi connectivity index (χ0) is 20.5. The maximum absolute atomic E-state index is 5.44. The number of rotatable bonds is 24. The predicted molar refractivity (Wildman–Crippen MR) is 113 cm³/mol. The Labute approximate surface area is 173 Å². The molecule has 0 aromatic carbocycles. The Morgan fingerprint density at radius 1 is 0.607 bits per heavy atom. The molecule has 0 heterocycles. The van der Waals surface area contributed by atoms with E-state index in [1.54, 1.807) is 0 Å². The molecular weight excluding hydrogens is 358 g/mol. The topological polar surface area (TPSA) is 72.2 Å². The molecule has 0 amide bonds. The lowest BCUT2D eigenvalue weighted by molar-refractivity contribution is -0.635. The van der Waals surface area contributed by atoms with Crippen LogP contribution < -0.4 is 5.73 Å². The predicted octanol–water partition coefficient (Wildman–Crippen LogP) is 6.03. The Morgan fingerprint density at radius 3 is 1.64 bits per heavy atom. The van der Waals surface area contributed by atoms with Crippen LogP contribution in [0.15, 0.2) is 0 Å². The molecule has 0 saturated carbocycles. The van der Waals surface area contributed by atoms with E-state index in [4.69, 9.17) is 20.2 Å². The van der Waals surface area contributed by atoms with E-state index >= 15 is 0 Å². The molecule has 0 aliphatic heterocycles. The maximum atomic E-state index is 5.44. The molecule has 6 heteroatoms. The van der Waals surface area contributed by atoms with Crippen molar-refractivity contribution in [2.75, 3.05) is 26.4 Å². The van der Waals surface area contributed by atoms with Gasteiger partial charge in [-0.2, -0.15) is 0 Å². The van der Waals surface area contributed by atoms with Gasteiger partial charge in [-0.3, -0.25) is 0 Å². The first kappa shape index (κ1) is 27.8. The highest BCUT2D eigenvalue weighted by atomic mass is 17.7. The molecule has 1 atom stereocenters. The maximum Gasteiger partial charge on any atom is 0.111 e. The minimum atomic E-state index is -0.0686. The normalized spacial score (nSPS) is 12.5. The first-order chi connectivity index (χ1) is 13.8.